The van der Waals surface area contributed by atoms with Crippen LogP contribution in [0.4, 0.5) is 5.82 Å². The fraction of sp³-hybridized carbons (Fsp3) is 0.320. The van der Waals surface area contributed by atoms with Crippen molar-refractivity contribution < 1.29 is 14.3 Å². The van der Waals surface area contributed by atoms with Crippen molar-refractivity contribution in [1.82, 2.24) is 14.0 Å². The summed E-state index contributed by atoms with van der Waals surface area (Å²) in [5.74, 6) is -0.540. The van der Waals surface area contributed by atoms with Crippen molar-refractivity contribution in [3.63, 3.8) is 0 Å². The lowest BCUT2D eigenvalue weighted by Gasteiger charge is -2.40. The highest BCUT2D eigenvalue weighted by molar-refractivity contribution is 5.94. The molecule has 0 spiro atoms. The maximum Gasteiger partial charge on any atom is 0.334 e. The third-order valence-electron chi connectivity index (χ3n) is 6.52. The number of benzene rings is 1. The van der Waals surface area contributed by atoms with Crippen molar-refractivity contribution in [2.75, 3.05) is 18.9 Å². The highest BCUT2D eigenvalue weighted by Gasteiger charge is 2.51. The number of nitrogens with zero attached hydrogens (tertiary/aromatic N) is 3. The van der Waals surface area contributed by atoms with Crippen LogP contribution in [0.5, 0.6) is 0 Å². The van der Waals surface area contributed by atoms with Crippen molar-refractivity contribution in [3.8, 4) is 0 Å². The van der Waals surface area contributed by atoms with Gasteiger partial charge >= 0.3 is 11.7 Å². The quantitative estimate of drug-likeness (QED) is 0.552. The molecular weight excluding hydrogens is 436 g/mol. The Labute approximate surface area is 196 Å². The number of carboxylic acid groups (broad SMARTS) is 1. The van der Waals surface area contributed by atoms with Crippen molar-refractivity contribution in [2.45, 2.75) is 25.3 Å². The van der Waals surface area contributed by atoms with Crippen molar-refractivity contribution in [3.05, 3.63) is 97.7 Å². The van der Waals surface area contributed by atoms with Crippen LogP contribution < -0.4 is 16.6 Å². The molecule has 4 rings (SSSR count). The van der Waals surface area contributed by atoms with E-state index in [-0.39, 0.29) is 23.4 Å². The van der Waals surface area contributed by atoms with Gasteiger partial charge in [-0.25, -0.2) is 9.59 Å². The summed E-state index contributed by atoms with van der Waals surface area (Å²) in [5, 5.41) is 13.3. The van der Waals surface area contributed by atoms with E-state index in [2.05, 4.69) is 10.2 Å². The summed E-state index contributed by atoms with van der Waals surface area (Å²) >= 11 is 0. The lowest BCUT2D eigenvalue weighted by Crippen LogP contribution is -2.50. The minimum atomic E-state index is -1.40. The first-order valence-corrected chi connectivity index (χ1v) is 11.0. The Morgan fingerprint density at radius 2 is 1.82 bits per heavy atom. The van der Waals surface area contributed by atoms with Gasteiger partial charge in [-0.3, -0.25) is 13.9 Å². The number of hydrogen-bond acceptors (Lipinski definition) is 6. The molecule has 0 amide bonds. The van der Waals surface area contributed by atoms with E-state index in [1.807, 2.05) is 37.4 Å². The van der Waals surface area contributed by atoms with Gasteiger partial charge in [0.2, 0.25) is 0 Å². The van der Waals surface area contributed by atoms with Crippen LogP contribution in [0.1, 0.15) is 30.2 Å². The fourth-order valence-electron chi connectivity index (χ4n) is 4.88. The SMILES string of the molecule is CC1=C(C(=O)O)C(CCN(C)Cc2ccccc2)(c2ccco2)c2c(n(C)c(=O)n(C)c2=O)N1. The van der Waals surface area contributed by atoms with Crippen LogP contribution in [-0.2, 0) is 30.8 Å². The average Bonchev–Trinajstić information content (AvgIpc) is 3.35. The van der Waals surface area contributed by atoms with E-state index >= 15 is 0 Å². The molecular formula is C25H28N4O5. The predicted octanol–water partition coefficient (Wildman–Crippen LogP) is 2.27. The lowest BCUT2D eigenvalue weighted by atomic mass is 9.67. The molecule has 1 unspecified atom stereocenters. The number of fused-ring (bicyclic) bond motifs is 1. The third-order valence-corrected chi connectivity index (χ3v) is 6.52. The van der Waals surface area contributed by atoms with Crippen LogP contribution in [0, 0.1) is 0 Å². The maximum absolute atomic E-state index is 13.5. The number of anilines is 1. The van der Waals surface area contributed by atoms with Gasteiger partial charge in [0.25, 0.3) is 5.56 Å². The van der Waals surface area contributed by atoms with E-state index in [1.165, 1.54) is 17.9 Å². The van der Waals surface area contributed by atoms with Gasteiger partial charge in [0.05, 0.1) is 22.8 Å². The van der Waals surface area contributed by atoms with E-state index in [4.69, 9.17) is 4.42 Å². The molecule has 2 N–H and O–H groups in total. The molecule has 0 aliphatic carbocycles. The van der Waals surface area contributed by atoms with Gasteiger partial charge in [-0.1, -0.05) is 30.3 Å². The smallest absolute Gasteiger partial charge is 0.334 e. The topological polar surface area (TPSA) is 110 Å². The number of hydrogen-bond donors (Lipinski definition) is 2. The number of furan rings is 1. The zero-order chi connectivity index (χ0) is 24.6. The molecule has 34 heavy (non-hydrogen) atoms. The monoisotopic (exact) mass is 464 g/mol. The van der Waals surface area contributed by atoms with Gasteiger partial charge in [0.15, 0.2) is 0 Å². The average molecular weight is 465 g/mol. The van der Waals surface area contributed by atoms with Gasteiger partial charge in [-0.2, -0.15) is 0 Å². The van der Waals surface area contributed by atoms with Crippen LogP contribution >= 0.6 is 0 Å². The minimum absolute atomic E-state index is 0.0267. The number of rotatable bonds is 7. The summed E-state index contributed by atoms with van der Waals surface area (Å²) in [6, 6.07) is 13.3. The molecule has 0 fully saturated rings. The maximum atomic E-state index is 13.5. The molecule has 9 heteroatoms. The van der Waals surface area contributed by atoms with Gasteiger partial charge in [-0.05, 0) is 44.6 Å². The molecule has 178 valence electrons. The van der Waals surface area contributed by atoms with E-state index in [9.17, 15) is 19.5 Å². The van der Waals surface area contributed by atoms with Crippen LogP contribution in [0.15, 0.2) is 74.0 Å². The van der Waals surface area contributed by atoms with E-state index in [0.717, 1.165) is 10.1 Å². The summed E-state index contributed by atoms with van der Waals surface area (Å²) in [4.78, 5) is 40.9. The number of allylic oxidation sites excluding steroid dienone is 1. The molecule has 3 aromatic rings. The second-order valence-electron chi connectivity index (χ2n) is 8.72. The predicted molar refractivity (Wildman–Crippen MR) is 128 cm³/mol. The van der Waals surface area contributed by atoms with Crippen LogP contribution in [-0.4, -0.2) is 38.7 Å². The Bertz CT molecular complexity index is 1370. The highest BCUT2D eigenvalue weighted by Crippen LogP contribution is 2.48. The molecule has 1 aliphatic rings. The fourth-order valence-corrected chi connectivity index (χ4v) is 4.88. The Morgan fingerprint density at radius 3 is 2.44 bits per heavy atom. The highest BCUT2D eigenvalue weighted by atomic mass is 16.4. The molecule has 9 nitrogen and oxygen atoms in total. The zero-order valence-electron chi connectivity index (χ0n) is 19.7. The van der Waals surface area contributed by atoms with Crippen molar-refractivity contribution in [2.24, 2.45) is 14.1 Å². The first kappa shape index (κ1) is 23.3. The van der Waals surface area contributed by atoms with Crippen LogP contribution in [0.25, 0.3) is 0 Å². The Balaban J connectivity index is 1.92. The summed E-state index contributed by atoms with van der Waals surface area (Å²) in [5.41, 5.74) is -0.777. The van der Waals surface area contributed by atoms with Gasteiger partial charge < -0.3 is 19.7 Å². The van der Waals surface area contributed by atoms with Crippen LogP contribution in [0.3, 0.4) is 0 Å². The summed E-state index contributed by atoms with van der Waals surface area (Å²) < 4.78 is 8.14. The number of aromatic nitrogens is 2. The van der Waals surface area contributed by atoms with E-state index in [1.54, 1.807) is 26.1 Å². The van der Waals surface area contributed by atoms with Crippen molar-refractivity contribution in [1.29, 1.82) is 0 Å². The molecule has 0 saturated heterocycles. The van der Waals surface area contributed by atoms with Gasteiger partial charge in [0.1, 0.15) is 11.6 Å². The summed E-state index contributed by atoms with van der Waals surface area (Å²) in [6.07, 6.45) is 1.72. The number of carbonyl (C=O) groups is 1. The third kappa shape index (κ3) is 3.67. The molecule has 1 atom stereocenters. The molecule has 0 radical (unpaired) electrons. The number of carboxylic acids is 1. The number of nitrogens with one attached hydrogen (secondary N) is 1. The Kier molecular flexibility index (Phi) is 6.05. The molecule has 0 bridgehead atoms. The lowest BCUT2D eigenvalue weighted by molar-refractivity contribution is -0.133. The first-order valence-electron chi connectivity index (χ1n) is 11.0. The van der Waals surface area contributed by atoms with E-state index < -0.39 is 22.6 Å². The Morgan fingerprint density at radius 1 is 1.12 bits per heavy atom. The second kappa shape index (κ2) is 8.83. The zero-order valence-corrected chi connectivity index (χ0v) is 19.7. The Hall–Kier alpha value is -3.85. The summed E-state index contributed by atoms with van der Waals surface area (Å²) in [7, 11) is 4.90. The molecule has 1 aromatic carbocycles. The van der Waals surface area contributed by atoms with Gasteiger partial charge in [0, 0.05) is 26.3 Å². The first-order chi connectivity index (χ1) is 16.2. The van der Waals surface area contributed by atoms with Crippen molar-refractivity contribution >= 4 is 11.8 Å². The number of aliphatic carboxylic acids is 1. The molecule has 3 heterocycles. The summed E-state index contributed by atoms with van der Waals surface area (Å²) in [6.45, 7) is 2.75. The normalized spacial score (nSPS) is 17.6. The largest absolute Gasteiger partial charge is 0.478 e. The molecule has 2 aromatic heterocycles. The van der Waals surface area contributed by atoms with Gasteiger partial charge in [-0.15, -0.1) is 0 Å². The minimum Gasteiger partial charge on any atom is -0.478 e. The second-order valence-corrected chi connectivity index (χ2v) is 8.72. The van der Waals surface area contributed by atoms with E-state index in [0.29, 0.717) is 24.5 Å². The van der Waals surface area contributed by atoms with Crippen LogP contribution in [0.2, 0.25) is 0 Å². The molecule has 0 saturated carbocycles. The standard InChI is InChI=1S/C25H28N4O5/c1-16-19(23(31)32)25(18-11-8-14-34-18,12-13-27(2)15-17-9-6-5-7-10-17)20-21(26-16)28(3)24(33)29(4)22(20)30/h5-11,14,26H,12-13,15H2,1-4H3,(H,31,32). The molecule has 1 aliphatic heterocycles.